The smallest absolute Gasteiger partial charge is 0.253 e. The molecule has 1 heterocycles. The van der Waals surface area contributed by atoms with Gasteiger partial charge in [0.15, 0.2) is 0 Å². The van der Waals surface area contributed by atoms with Crippen LogP contribution in [0.3, 0.4) is 0 Å². The van der Waals surface area contributed by atoms with Crippen LogP contribution in [-0.2, 0) is 0 Å². The quantitative estimate of drug-likeness (QED) is 0.749. The zero-order chi connectivity index (χ0) is 14.8. The van der Waals surface area contributed by atoms with Gasteiger partial charge in [-0.15, -0.1) is 0 Å². The Morgan fingerprint density at radius 3 is 2.62 bits per heavy atom. The van der Waals surface area contributed by atoms with Gasteiger partial charge in [-0.05, 0) is 47.1 Å². The van der Waals surface area contributed by atoms with Crippen LogP contribution in [0.2, 0.25) is 0 Å². The van der Waals surface area contributed by atoms with Gasteiger partial charge in [-0.1, -0.05) is 30.3 Å². The molecular weight excluding hydrogens is 330 g/mol. The second-order valence-electron chi connectivity index (χ2n) is 4.86. The third-order valence-electron chi connectivity index (χ3n) is 3.34. The number of carbonyl (C=O) groups is 1. The minimum atomic E-state index is -0.197. The topological polar surface area (TPSA) is 42.2 Å². The molecule has 1 atom stereocenters. The van der Waals surface area contributed by atoms with Crippen molar-refractivity contribution in [3.63, 3.8) is 0 Å². The number of rotatable bonds is 3. The molecule has 0 aliphatic heterocycles. The molecular formula is C17H14BrNO2. The van der Waals surface area contributed by atoms with Crippen molar-refractivity contribution in [2.75, 3.05) is 0 Å². The molecule has 4 heteroatoms. The summed E-state index contributed by atoms with van der Waals surface area (Å²) in [6.07, 6.45) is 0. The van der Waals surface area contributed by atoms with E-state index in [1.54, 1.807) is 6.07 Å². The van der Waals surface area contributed by atoms with Gasteiger partial charge < -0.3 is 9.73 Å². The van der Waals surface area contributed by atoms with E-state index in [-0.39, 0.29) is 11.9 Å². The van der Waals surface area contributed by atoms with Crippen molar-refractivity contribution in [1.82, 2.24) is 5.32 Å². The van der Waals surface area contributed by atoms with Crippen molar-refractivity contribution in [2.45, 2.75) is 13.0 Å². The number of para-hydroxylation sites is 1. The number of furan rings is 1. The molecule has 106 valence electrons. The maximum atomic E-state index is 12.3. The van der Waals surface area contributed by atoms with E-state index in [1.165, 1.54) is 0 Å². The first-order chi connectivity index (χ1) is 10.1. The van der Waals surface area contributed by atoms with E-state index in [9.17, 15) is 4.79 Å². The number of hydrogen-bond donors (Lipinski definition) is 1. The largest absolute Gasteiger partial charge is 0.459 e. The molecule has 1 aromatic heterocycles. The molecule has 3 rings (SSSR count). The molecule has 0 radical (unpaired) electrons. The average Bonchev–Trinajstić information content (AvgIpc) is 2.91. The molecule has 0 spiro atoms. The monoisotopic (exact) mass is 343 g/mol. The molecule has 0 aliphatic carbocycles. The maximum Gasteiger partial charge on any atom is 0.253 e. The van der Waals surface area contributed by atoms with Crippen LogP contribution in [0.15, 0.2) is 63.5 Å². The van der Waals surface area contributed by atoms with Gasteiger partial charge in [-0.2, -0.15) is 0 Å². The third-order valence-corrected chi connectivity index (χ3v) is 4.03. The summed E-state index contributed by atoms with van der Waals surface area (Å²) < 4.78 is 6.55. The normalized spacial score (nSPS) is 12.3. The van der Waals surface area contributed by atoms with Crippen molar-refractivity contribution in [3.05, 3.63) is 70.4 Å². The van der Waals surface area contributed by atoms with E-state index in [1.807, 2.05) is 55.5 Å². The second-order valence-corrected chi connectivity index (χ2v) is 5.72. The molecule has 21 heavy (non-hydrogen) atoms. The summed E-state index contributed by atoms with van der Waals surface area (Å²) in [5.41, 5.74) is 1.44. The molecule has 0 saturated heterocycles. The Morgan fingerprint density at radius 1 is 1.14 bits per heavy atom. The van der Waals surface area contributed by atoms with Crippen LogP contribution in [-0.4, -0.2) is 5.91 Å². The van der Waals surface area contributed by atoms with E-state index in [0.29, 0.717) is 5.56 Å². The van der Waals surface area contributed by atoms with Gasteiger partial charge in [0.25, 0.3) is 5.91 Å². The van der Waals surface area contributed by atoms with Gasteiger partial charge in [-0.25, -0.2) is 0 Å². The highest BCUT2D eigenvalue weighted by Crippen LogP contribution is 2.24. The highest BCUT2D eigenvalue weighted by molar-refractivity contribution is 9.10. The molecule has 0 fully saturated rings. The van der Waals surface area contributed by atoms with E-state index >= 15 is 0 Å². The molecule has 1 amide bonds. The van der Waals surface area contributed by atoms with Gasteiger partial charge in [0.05, 0.1) is 11.6 Å². The highest BCUT2D eigenvalue weighted by Gasteiger charge is 2.16. The molecule has 0 bridgehead atoms. The fourth-order valence-electron chi connectivity index (χ4n) is 2.21. The Balaban J connectivity index is 1.81. The van der Waals surface area contributed by atoms with E-state index in [0.717, 1.165) is 21.2 Å². The van der Waals surface area contributed by atoms with E-state index in [2.05, 4.69) is 21.2 Å². The summed E-state index contributed by atoms with van der Waals surface area (Å²) in [5, 5.41) is 3.99. The Labute approximate surface area is 131 Å². The molecule has 0 aliphatic rings. The lowest BCUT2D eigenvalue weighted by molar-refractivity contribution is 0.0935. The van der Waals surface area contributed by atoms with E-state index in [4.69, 9.17) is 4.42 Å². The van der Waals surface area contributed by atoms with Gasteiger partial charge in [0.2, 0.25) is 0 Å². The lowest BCUT2D eigenvalue weighted by Gasteiger charge is -2.12. The van der Waals surface area contributed by atoms with E-state index < -0.39 is 0 Å². The number of nitrogens with one attached hydrogen (secondary N) is 1. The maximum absolute atomic E-state index is 12.3. The van der Waals surface area contributed by atoms with Gasteiger partial charge in [0, 0.05) is 9.86 Å². The summed E-state index contributed by atoms with van der Waals surface area (Å²) in [6.45, 7) is 1.91. The van der Waals surface area contributed by atoms with Crippen molar-refractivity contribution in [2.24, 2.45) is 0 Å². The second kappa shape index (κ2) is 5.74. The van der Waals surface area contributed by atoms with Crippen LogP contribution in [0.4, 0.5) is 0 Å². The predicted octanol–water partition coefficient (Wildman–Crippen LogP) is 4.69. The number of amides is 1. The molecule has 2 aromatic carbocycles. The van der Waals surface area contributed by atoms with Crippen LogP contribution in [0, 0.1) is 0 Å². The number of benzene rings is 2. The fourth-order valence-corrected chi connectivity index (χ4v) is 2.67. The summed E-state index contributed by atoms with van der Waals surface area (Å²) in [6, 6.07) is 16.9. The predicted molar refractivity (Wildman–Crippen MR) is 86.2 cm³/mol. The standard InChI is InChI=1S/C17H14BrNO2/c1-11(16-10-12-6-2-5-9-15(12)21-16)19-17(20)13-7-3-4-8-14(13)18/h2-11H,1H3,(H,19,20)/t11-/m0/s1. The van der Waals surface area contributed by atoms with Crippen LogP contribution in [0.5, 0.6) is 0 Å². The van der Waals surface area contributed by atoms with Crippen LogP contribution in [0.1, 0.15) is 29.1 Å². The molecule has 3 aromatic rings. The first-order valence-electron chi connectivity index (χ1n) is 6.69. The highest BCUT2D eigenvalue weighted by atomic mass is 79.9. The SMILES string of the molecule is C[C@H](NC(=O)c1ccccc1Br)c1cc2ccccc2o1. The van der Waals surface area contributed by atoms with Gasteiger partial charge >= 0.3 is 0 Å². The molecule has 1 N–H and O–H groups in total. The zero-order valence-electron chi connectivity index (χ0n) is 11.5. The first-order valence-corrected chi connectivity index (χ1v) is 7.48. The summed E-state index contributed by atoms with van der Waals surface area (Å²) in [4.78, 5) is 12.3. The Morgan fingerprint density at radius 2 is 1.86 bits per heavy atom. The summed E-state index contributed by atoms with van der Waals surface area (Å²) >= 11 is 3.39. The summed E-state index contributed by atoms with van der Waals surface area (Å²) in [5.74, 6) is 0.618. The third kappa shape index (κ3) is 2.85. The molecule has 0 unspecified atom stereocenters. The molecule has 3 nitrogen and oxygen atoms in total. The lowest BCUT2D eigenvalue weighted by Crippen LogP contribution is -2.26. The minimum absolute atomic E-state index is 0.129. The van der Waals surface area contributed by atoms with Crippen LogP contribution < -0.4 is 5.32 Å². The zero-order valence-corrected chi connectivity index (χ0v) is 13.1. The number of halogens is 1. The number of hydrogen-bond acceptors (Lipinski definition) is 2. The Hall–Kier alpha value is -2.07. The Kier molecular flexibility index (Phi) is 3.80. The fraction of sp³-hybridized carbons (Fsp3) is 0.118. The van der Waals surface area contributed by atoms with Crippen molar-refractivity contribution >= 4 is 32.8 Å². The summed E-state index contributed by atoms with van der Waals surface area (Å²) in [7, 11) is 0. The number of carbonyl (C=O) groups excluding carboxylic acids is 1. The minimum Gasteiger partial charge on any atom is -0.459 e. The molecule has 0 saturated carbocycles. The van der Waals surface area contributed by atoms with Crippen molar-refractivity contribution in [1.29, 1.82) is 0 Å². The van der Waals surface area contributed by atoms with Gasteiger partial charge in [0.1, 0.15) is 11.3 Å². The lowest BCUT2D eigenvalue weighted by atomic mass is 10.1. The Bertz CT molecular complexity index is 761. The first kappa shape index (κ1) is 13.9. The van der Waals surface area contributed by atoms with Crippen molar-refractivity contribution < 1.29 is 9.21 Å². The van der Waals surface area contributed by atoms with Crippen molar-refractivity contribution in [3.8, 4) is 0 Å². The van der Waals surface area contributed by atoms with Crippen LogP contribution >= 0.6 is 15.9 Å². The average molecular weight is 344 g/mol. The van der Waals surface area contributed by atoms with Gasteiger partial charge in [-0.3, -0.25) is 4.79 Å². The number of fused-ring (bicyclic) bond motifs is 1. The van der Waals surface area contributed by atoms with Crippen LogP contribution in [0.25, 0.3) is 11.0 Å².